The molecule has 0 bridgehead atoms. The van der Waals surface area contributed by atoms with Crippen molar-refractivity contribution in [2.45, 2.75) is 12.5 Å². The van der Waals surface area contributed by atoms with Gasteiger partial charge in [-0.25, -0.2) is 0 Å². The van der Waals surface area contributed by atoms with Crippen LogP contribution in [0.15, 0.2) is 53.1 Å². The molecule has 0 spiro atoms. The van der Waals surface area contributed by atoms with Crippen LogP contribution in [0, 0.1) is 0 Å². The van der Waals surface area contributed by atoms with Crippen LogP contribution in [-0.4, -0.2) is 41.4 Å². The molecular weight excluding hydrogens is 368 g/mol. The number of rotatable bonds is 6. The number of carboxylic acid groups (broad SMARTS) is 1. The molecular formula is C19H21ClN4O3. The van der Waals surface area contributed by atoms with Crippen LogP contribution < -0.4 is 10.6 Å². The molecule has 0 saturated carbocycles. The Morgan fingerprint density at radius 2 is 1.70 bits per heavy atom. The van der Waals surface area contributed by atoms with Crippen LogP contribution in [0.4, 0.5) is 5.69 Å². The molecule has 0 radical (unpaired) electrons. The zero-order valence-electron chi connectivity index (χ0n) is 15.0. The third-order valence-electron chi connectivity index (χ3n) is 4.04. The van der Waals surface area contributed by atoms with Crippen LogP contribution >= 0.6 is 12.4 Å². The number of aromatic nitrogens is 2. The van der Waals surface area contributed by atoms with Gasteiger partial charge in [-0.3, -0.25) is 4.79 Å². The minimum atomic E-state index is -1.02. The van der Waals surface area contributed by atoms with Crippen LogP contribution in [0.3, 0.4) is 0 Å². The minimum Gasteiger partial charge on any atom is -0.480 e. The van der Waals surface area contributed by atoms with Gasteiger partial charge in [-0.05, 0) is 36.2 Å². The molecule has 3 rings (SSSR count). The zero-order valence-corrected chi connectivity index (χ0v) is 15.8. The van der Waals surface area contributed by atoms with Gasteiger partial charge in [0.1, 0.15) is 6.04 Å². The maximum absolute atomic E-state index is 10.8. The third kappa shape index (κ3) is 4.84. The van der Waals surface area contributed by atoms with Crippen molar-refractivity contribution in [1.29, 1.82) is 0 Å². The van der Waals surface area contributed by atoms with Crippen LogP contribution in [-0.2, 0) is 11.2 Å². The second-order valence-corrected chi connectivity index (χ2v) is 6.21. The number of benzene rings is 2. The molecule has 0 aliphatic carbocycles. The van der Waals surface area contributed by atoms with Gasteiger partial charge < -0.3 is 20.3 Å². The monoisotopic (exact) mass is 388 g/mol. The summed E-state index contributed by atoms with van der Waals surface area (Å²) in [6, 6.07) is 14.2. The van der Waals surface area contributed by atoms with Gasteiger partial charge in [-0.1, -0.05) is 29.4 Å². The highest BCUT2D eigenvalue weighted by atomic mass is 35.5. The zero-order chi connectivity index (χ0) is 18.7. The van der Waals surface area contributed by atoms with Crippen molar-refractivity contribution in [1.82, 2.24) is 10.1 Å². The van der Waals surface area contributed by atoms with Gasteiger partial charge in [-0.2, -0.15) is 4.98 Å². The number of anilines is 1. The van der Waals surface area contributed by atoms with E-state index in [-0.39, 0.29) is 18.8 Å². The Morgan fingerprint density at radius 3 is 2.26 bits per heavy atom. The van der Waals surface area contributed by atoms with E-state index in [1.54, 1.807) is 0 Å². The van der Waals surface area contributed by atoms with Crippen molar-refractivity contribution in [2.75, 3.05) is 19.0 Å². The Balaban J connectivity index is 0.00000261. The minimum absolute atomic E-state index is 0. The maximum Gasteiger partial charge on any atom is 0.320 e. The average molecular weight is 389 g/mol. The average Bonchev–Trinajstić information content (AvgIpc) is 3.12. The summed E-state index contributed by atoms with van der Waals surface area (Å²) in [6.45, 7) is 0. The lowest BCUT2D eigenvalue weighted by atomic mass is 10.0. The summed E-state index contributed by atoms with van der Waals surface area (Å²) in [7, 11) is 3.96. The molecule has 0 aliphatic heterocycles. The summed E-state index contributed by atoms with van der Waals surface area (Å²) in [4.78, 5) is 17.3. The number of hydrogen-bond donors (Lipinski definition) is 2. The van der Waals surface area contributed by atoms with E-state index < -0.39 is 12.0 Å². The lowest BCUT2D eigenvalue weighted by Crippen LogP contribution is -2.32. The molecule has 0 fully saturated rings. The smallest absolute Gasteiger partial charge is 0.320 e. The van der Waals surface area contributed by atoms with Crippen LogP contribution in [0.2, 0.25) is 0 Å². The molecule has 0 amide bonds. The standard InChI is InChI=1S/C19H20N4O3.ClH/c1-23(2)15-9-7-14(8-10-15)18-21-17(22-26-18)13-5-3-12(4-6-13)11-16(20)19(24)25;/h3-10,16H,11,20H2,1-2H3,(H,24,25);1H/t16-;/m0./s1. The number of halogens is 1. The number of aliphatic carboxylic acids is 1. The Labute approximate surface area is 163 Å². The van der Waals surface area contributed by atoms with Crippen molar-refractivity contribution in [2.24, 2.45) is 5.73 Å². The van der Waals surface area contributed by atoms with Gasteiger partial charge in [0.25, 0.3) is 5.89 Å². The summed E-state index contributed by atoms with van der Waals surface area (Å²) in [5.41, 5.74) is 9.11. The molecule has 27 heavy (non-hydrogen) atoms. The van der Waals surface area contributed by atoms with Gasteiger partial charge in [0, 0.05) is 30.9 Å². The highest BCUT2D eigenvalue weighted by molar-refractivity contribution is 5.85. The number of carboxylic acids is 1. The highest BCUT2D eigenvalue weighted by Crippen LogP contribution is 2.24. The van der Waals surface area contributed by atoms with Crippen molar-refractivity contribution < 1.29 is 14.4 Å². The van der Waals surface area contributed by atoms with E-state index in [1.165, 1.54) is 0 Å². The fourth-order valence-corrected chi connectivity index (χ4v) is 2.49. The Hall–Kier alpha value is -2.90. The van der Waals surface area contributed by atoms with Gasteiger partial charge in [0.05, 0.1) is 0 Å². The lowest BCUT2D eigenvalue weighted by molar-refractivity contribution is -0.138. The SMILES string of the molecule is CN(C)c1ccc(-c2nc(-c3ccc(C[C@H](N)C(=O)O)cc3)no2)cc1.Cl. The number of carbonyl (C=O) groups is 1. The van der Waals surface area contributed by atoms with E-state index in [2.05, 4.69) is 10.1 Å². The Kier molecular flexibility index (Phi) is 6.55. The summed E-state index contributed by atoms with van der Waals surface area (Å²) >= 11 is 0. The normalized spacial score (nSPS) is 11.5. The second-order valence-electron chi connectivity index (χ2n) is 6.21. The second kappa shape index (κ2) is 8.66. The van der Waals surface area contributed by atoms with Crippen molar-refractivity contribution in [3.05, 3.63) is 54.1 Å². The number of hydrogen-bond acceptors (Lipinski definition) is 6. The Bertz CT molecular complexity index is 892. The molecule has 2 aromatic carbocycles. The molecule has 0 saturated heterocycles. The lowest BCUT2D eigenvalue weighted by Gasteiger charge is -2.11. The van der Waals surface area contributed by atoms with Crippen LogP contribution in [0.25, 0.3) is 22.8 Å². The van der Waals surface area contributed by atoms with E-state index in [0.29, 0.717) is 11.7 Å². The highest BCUT2D eigenvalue weighted by Gasteiger charge is 2.14. The predicted molar refractivity (Wildman–Crippen MR) is 106 cm³/mol. The van der Waals surface area contributed by atoms with Gasteiger partial charge in [-0.15, -0.1) is 12.4 Å². The first-order valence-corrected chi connectivity index (χ1v) is 8.13. The molecule has 0 aliphatic rings. The van der Waals surface area contributed by atoms with E-state index in [4.69, 9.17) is 15.4 Å². The van der Waals surface area contributed by atoms with Crippen molar-refractivity contribution in [3.8, 4) is 22.8 Å². The van der Waals surface area contributed by atoms with Crippen LogP contribution in [0.1, 0.15) is 5.56 Å². The summed E-state index contributed by atoms with van der Waals surface area (Å²) in [5.74, 6) is -0.0924. The summed E-state index contributed by atoms with van der Waals surface area (Å²) in [6.07, 6.45) is 0.269. The fraction of sp³-hybridized carbons (Fsp3) is 0.211. The number of nitrogens with zero attached hydrogens (tertiary/aromatic N) is 3. The van der Waals surface area contributed by atoms with E-state index in [0.717, 1.165) is 22.4 Å². The quantitative estimate of drug-likeness (QED) is 0.668. The van der Waals surface area contributed by atoms with E-state index >= 15 is 0 Å². The topological polar surface area (TPSA) is 105 Å². The Morgan fingerprint density at radius 1 is 1.11 bits per heavy atom. The summed E-state index contributed by atoms with van der Waals surface area (Å²) < 4.78 is 5.36. The van der Waals surface area contributed by atoms with Crippen molar-refractivity contribution >= 4 is 24.1 Å². The largest absolute Gasteiger partial charge is 0.480 e. The summed E-state index contributed by atoms with van der Waals surface area (Å²) in [5, 5.41) is 12.9. The van der Waals surface area contributed by atoms with Gasteiger partial charge >= 0.3 is 5.97 Å². The first-order chi connectivity index (χ1) is 12.4. The predicted octanol–water partition coefficient (Wildman–Crippen LogP) is 2.85. The molecule has 3 aromatic rings. The maximum atomic E-state index is 10.8. The molecule has 1 atom stereocenters. The van der Waals surface area contributed by atoms with E-state index in [1.807, 2.05) is 67.5 Å². The molecule has 1 aromatic heterocycles. The van der Waals surface area contributed by atoms with Crippen molar-refractivity contribution in [3.63, 3.8) is 0 Å². The molecule has 8 heteroatoms. The van der Waals surface area contributed by atoms with Crippen LogP contribution in [0.5, 0.6) is 0 Å². The third-order valence-corrected chi connectivity index (χ3v) is 4.04. The first kappa shape index (κ1) is 20.4. The van der Waals surface area contributed by atoms with Gasteiger partial charge in [0.15, 0.2) is 0 Å². The molecule has 7 nitrogen and oxygen atoms in total. The van der Waals surface area contributed by atoms with E-state index in [9.17, 15) is 4.79 Å². The van der Waals surface area contributed by atoms with Gasteiger partial charge in [0.2, 0.25) is 5.82 Å². The molecule has 0 unspecified atom stereocenters. The molecule has 3 N–H and O–H groups in total. The molecule has 1 heterocycles. The molecule has 142 valence electrons. The fourth-order valence-electron chi connectivity index (χ4n) is 2.49. The first-order valence-electron chi connectivity index (χ1n) is 8.13. The number of nitrogens with two attached hydrogens (primary N) is 1.